The molecule has 4 nitrogen and oxygen atoms in total. The minimum Gasteiger partial charge on any atom is -0.374 e. The Balaban J connectivity index is 1.84. The third kappa shape index (κ3) is 3.14. The molecule has 1 aromatic carbocycles. The molecule has 3 rings (SSSR count). The first-order chi connectivity index (χ1) is 10.6. The molecule has 0 radical (unpaired) electrons. The summed E-state index contributed by atoms with van der Waals surface area (Å²) in [6.45, 7) is 5.18. The molecule has 0 unspecified atom stereocenters. The van der Waals surface area contributed by atoms with Crippen LogP contribution in [0.3, 0.4) is 0 Å². The van der Waals surface area contributed by atoms with Gasteiger partial charge in [-0.3, -0.25) is 0 Å². The summed E-state index contributed by atoms with van der Waals surface area (Å²) < 4.78 is 2.31. The van der Waals surface area contributed by atoms with Gasteiger partial charge in [-0.15, -0.1) is 10.2 Å². The van der Waals surface area contributed by atoms with Crippen molar-refractivity contribution in [2.45, 2.75) is 26.8 Å². The Morgan fingerprint density at radius 3 is 2.27 bits per heavy atom. The van der Waals surface area contributed by atoms with Crippen LogP contribution < -0.4 is 10.3 Å². The van der Waals surface area contributed by atoms with Gasteiger partial charge in [0.1, 0.15) is 5.01 Å². The summed E-state index contributed by atoms with van der Waals surface area (Å²) in [5, 5.41) is 9.47. The van der Waals surface area contributed by atoms with Gasteiger partial charge in [-0.25, -0.2) is 0 Å². The van der Waals surface area contributed by atoms with Gasteiger partial charge in [-0.05, 0) is 11.1 Å². The van der Waals surface area contributed by atoms with E-state index in [2.05, 4.69) is 65.0 Å². The number of nitrogen functional groups attached to an aromatic ring is 1. The number of nitrogens with zero attached hydrogens (tertiary/aromatic N) is 3. The third-order valence-electron chi connectivity index (χ3n) is 3.72. The first-order valence-electron chi connectivity index (χ1n) is 7.28. The van der Waals surface area contributed by atoms with Gasteiger partial charge in [0.05, 0.1) is 6.42 Å². The maximum absolute atomic E-state index is 5.63. The molecule has 0 saturated heterocycles. The van der Waals surface area contributed by atoms with Crippen molar-refractivity contribution in [3.63, 3.8) is 0 Å². The van der Waals surface area contributed by atoms with E-state index in [1.165, 1.54) is 33.9 Å². The quantitative estimate of drug-likeness (QED) is 0.754. The minimum atomic E-state index is 0.535. The highest BCUT2D eigenvalue weighted by Crippen LogP contribution is 2.20. The summed E-state index contributed by atoms with van der Waals surface area (Å²) in [6.07, 6.45) is 0.853. The Morgan fingerprint density at radius 2 is 1.68 bits per heavy atom. The van der Waals surface area contributed by atoms with Gasteiger partial charge in [0.2, 0.25) is 5.13 Å². The lowest BCUT2D eigenvalue weighted by atomic mass is 10.0. The lowest BCUT2D eigenvalue weighted by Gasteiger charge is -2.07. The Hall–Kier alpha value is -2.27. The van der Waals surface area contributed by atoms with E-state index in [-0.39, 0.29) is 0 Å². The van der Waals surface area contributed by atoms with Crippen molar-refractivity contribution in [1.82, 2.24) is 10.2 Å². The molecule has 0 bridgehead atoms. The largest absolute Gasteiger partial charge is 0.374 e. The zero-order chi connectivity index (χ0) is 15.5. The highest BCUT2D eigenvalue weighted by molar-refractivity contribution is 7.15. The molecular weight excluding hydrogens is 292 g/mol. The molecule has 22 heavy (non-hydrogen) atoms. The summed E-state index contributed by atoms with van der Waals surface area (Å²) in [4.78, 5) is 0. The maximum Gasteiger partial charge on any atom is 0.203 e. The lowest BCUT2D eigenvalue weighted by molar-refractivity contribution is -0.708. The molecule has 0 aliphatic carbocycles. The van der Waals surface area contributed by atoms with Crippen molar-refractivity contribution < 1.29 is 4.57 Å². The van der Waals surface area contributed by atoms with Gasteiger partial charge in [0.25, 0.3) is 0 Å². The zero-order valence-corrected chi connectivity index (χ0v) is 13.6. The van der Waals surface area contributed by atoms with Gasteiger partial charge in [-0.2, -0.15) is 4.57 Å². The Morgan fingerprint density at radius 1 is 1.00 bits per heavy atom. The standard InChI is InChI=1S/C17H19N4S/c1-12-10-15(14-6-4-3-5-7-14)11-13(2)21(12)9-8-16-19-20-17(18)22-16/h3-7,10-11H,8-9H2,1-2H3,(H2,18,20)/q+1. The van der Waals surface area contributed by atoms with Crippen molar-refractivity contribution in [2.75, 3.05) is 5.73 Å². The van der Waals surface area contributed by atoms with Crippen LogP contribution in [0.2, 0.25) is 0 Å². The number of pyridine rings is 1. The molecule has 0 amide bonds. The minimum absolute atomic E-state index is 0.535. The first kappa shape index (κ1) is 14.7. The average Bonchev–Trinajstić information content (AvgIpc) is 2.93. The Bertz CT molecular complexity index is 757. The molecule has 2 N–H and O–H groups in total. The van der Waals surface area contributed by atoms with Crippen molar-refractivity contribution >= 4 is 16.5 Å². The number of benzene rings is 1. The van der Waals surface area contributed by atoms with Crippen molar-refractivity contribution in [3.05, 3.63) is 58.9 Å². The van der Waals surface area contributed by atoms with E-state index in [1.54, 1.807) is 0 Å². The fourth-order valence-electron chi connectivity index (χ4n) is 2.65. The van der Waals surface area contributed by atoms with Crippen LogP contribution in [0.5, 0.6) is 0 Å². The molecule has 0 fully saturated rings. The molecule has 0 aliphatic heterocycles. The number of nitrogens with two attached hydrogens (primary N) is 1. The monoisotopic (exact) mass is 311 g/mol. The summed E-state index contributed by atoms with van der Waals surface area (Å²) in [5.41, 5.74) is 10.6. The summed E-state index contributed by atoms with van der Waals surface area (Å²) in [6, 6.07) is 14.9. The first-order valence-corrected chi connectivity index (χ1v) is 8.09. The van der Waals surface area contributed by atoms with E-state index in [0.29, 0.717) is 5.13 Å². The topological polar surface area (TPSA) is 55.7 Å². The molecule has 3 aromatic rings. The smallest absolute Gasteiger partial charge is 0.203 e. The number of rotatable bonds is 4. The van der Waals surface area contributed by atoms with Crippen LogP contribution in [0.1, 0.15) is 16.4 Å². The van der Waals surface area contributed by atoms with Crippen LogP contribution in [0.25, 0.3) is 11.1 Å². The molecular formula is C17H19N4S+. The van der Waals surface area contributed by atoms with E-state index < -0.39 is 0 Å². The molecule has 5 heteroatoms. The molecule has 0 spiro atoms. The fraction of sp³-hybridized carbons (Fsp3) is 0.235. The van der Waals surface area contributed by atoms with Crippen LogP contribution in [0.4, 0.5) is 5.13 Å². The average molecular weight is 311 g/mol. The molecule has 2 heterocycles. The third-order valence-corrected chi connectivity index (χ3v) is 4.53. The molecule has 0 aliphatic rings. The number of hydrogen-bond donors (Lipinski definition) is 1. The van der Waals surface area contributed by atoms with Gasteiger partial charge >= 0.3 is 0 Å². The second-order valence-corrected chi connectivity index (χ2v) is 6.42. The van der Waals surface area contributed by atoms with Crippen LogP contribution >= 0.6 is 11.3 Å². The second-order valence-electron chi connectivity index (χ2n) is 5.33. The number of anilines is 1. The summed E-state index contributed by atoms with van der Waals surface area (Å²) in [5.74, 6) is 0. The van der Waals surface area contributed by atoms with Crippen molar-refractivity contribution in [2.24, 2.45) is 0 Å². The van der Waals surface area contributed by atoms with Gasteiger partial charge in [0.15, 0.2) is 17.9 Å². The molecule has 2 aromatic heterocycles. The highest BCUT2D eigenvalue weighted by atomic mass is 32.1. The predicted molar refractivity (Wildman–Crippen MR) is 89.6 cm³/mol. The maximum atomic E-state index is 5.63. The normalized spacial score (nSPS) is 10.8. The lowest BCUT2D eigenvalue weighted by Crippen LogP contribution is -2.41. The molecule has 112 valence electrons. The van der Waals surface area contributed by atoms with Gasteiger partial charge < -0.3 is 5.73 Å². The van der Waals surface area contributed by atoms with E-state index in [9.17, 15) is 0 Å². The zero-order valence-electron chi connectivity index (χ0n) is 12.8. The van der Waals surface area contributed by atoms with Crippen molar-refractivity contribution in [3.8, 4) is 11.1 Å². The SMILES string of the molecule is Cc1cc(-c2ccccc2)cc(C)[n+]1CCc1nnc(N)s1. The van der Waals surface area contributed by atoms with Gasteiger partial charge in [0, 0.05) is 26.0 Å². The summed E-state index contributed by atoms with van der Waals surface area (Å²) in [7, 11) is 0. The van der Waals surface area contributed by atoms with Crippen LogP contribution in [-0.4, -0.2) is 10.2 Å². The Labute approximate surface area is 134 Å². The number of hydrogen-bond acceptors (Lipinski definition) is 4. The van der Waals surface area contributed by atoms with E-state index >= 15 is 0 Å². The number of aryl methyl sites for hydroxylation is 3. The van der Waals surface area contributed by atoms with Crippen LogP contribution in [0.15, 0.2) is 42.5 Å². The van der Waals surface area contributed by atoms with Crippen molar-refractivity contribution in [1.29, 1.82) is 0 Å². The predicted octanol–water partition coefficient (Wildman–Crippen LogP) is 2.93. The fourth-order valence-corrected chi connectivity index (χ4v) is 3.25. The van der Waals surface area contributed by atoms with E-state index in [4.69, 9.17) is 5.73 Å². The van der Waals surface area contributed by atoms with Gasteiger partial charge in [-0.1, -0.05) is 41.7 Å². The van der Waals surface area contributed by atoms with Crippen LogP contribution in [-0.2, 0) is 13.0 Å². The van der Waals surface area contributed by atoms with E-state index in [0.717, 1.165) is 18.0 Å². The highest BCUT2D eigenvalue weighted by Gasteiger charge is 2.14. The summed E-state index contributed by atoms with van der Waals surface area (Å²) >= 11 is 1.46. The molecule has 0 atom stereocenters. The second kappa shape index (κ2) is 6.23. The Kier molecular flexibility index (Phi) is 4.15. The number of aromatic nitrogens is 3. The van der Waals surface area contributed by atoms with Crippen LogP contribution in [0, 0.1) is 13.8 Å². The molecule has 0 saturated carbocycles. The van der Waals surface area contributed by atoms with E-state index in [1.807, 2.05) is 6.07 Å².